The average Bonchev–Trinajstić information content (AvgIpc) is 2.98. The van der Waals surface area contributed by atoms with Gasteiger partial charge in [-0.2, -0.15) is 5.26 Å². The van der Waals surface area contributed by atoms with Gasteiger partial charge in [-0.25, -0.2) is 4.79 Å². The number of carbonyl (C=O) groups is 1. The van der Waals surface area contributed by atoms with Crippen molar-refractivity contribution in [2.24, 2.45) is 0 Å². The molecule has 0 saturated carbocycles. The lowest BCUT2D eigenvalue weighted by atomic mass is 10.1. The quantitative estimate of drug-likeness (QED) is 0.867. The molecule has 2 N–H and O–H groups in total. The standard InChI is InChI=1S/C19H22N4O2/c1-25-19(24)18-17(21)15(11-20)13-23(18)16-8-4-3-7-14(16)12-22-9-5-2-6-10-22/h3-4,7-8,13H,2,5-6,9-10,12,21H2,1H3. The predicted molar refractivity (Wildman–Crippen MR) is 95.4 cm³/mol. The van der Waals surface area contributed by atoms with Crippen molar-refractivity contribution < 1.29 is 9.53 Å². The van der Waals surface area contributed by atoms with Gasteiger partial charge in [0.15, 0.2) is 5.69 Å². The lowest BCUT2D eigenvalue weighted by molar-refractivity contribution is 0.0593. The largest absolute Gasteiger partial charge is 0.464 e. The summed E-state index contributed by atoms with van der Waals surface area (Å²) in [6.45, 7) is 2.96. The van der Waals surface area contributed by atoms with Crippen LogP contribution in [0.25, 0.3) is 5.69 Å². The van der Waals surface area contributed by atoms with E-state index in [1.165, 1.54) is 26.4 Å². The highest BCUT2D eigenvalue weighted by Crippen LogP contribution is 2.27. The number of nitrogen functional groups attached to an aromatic ring is 1. The molecular formula is C19H22N4O2. The maximum absolute atomic E-state index is 12.2. The summed E-state index contributed by atoms with van der Waals surface area (Å²) < 4.78 is 6.55. The predicted octanol–water partition coefficient (Wildman–Crippen LogP) is 2.70. The SMILES string of the molecule is COC(=O)c1c(N)c(C#N)cn1-c1ccccc1CN1CCCCC1. The minimum Gasteiger partial charge on any atom is -0.464 e. The molecule has 0 bridgehead atoms. The van der Waals surface area contributed by atoms with E-state index >= 15 is 0 Å². The molecule has 25 heavy (non-hydrogen) atoms. The summed E-state index contributed by atoms with van der Waals surface area (Å²) in [6.07, 6.45) is 5.32. The minimum absolute atomic E-state index is 0.155. The van der Waals surface area contributed by atoms with E-state index in [0.29, 0.717) is 0 Å². The first-order valence-electron chi connectivity index (χ1n) is 8.45. The number of likely N-dealkylation sites (tertiary alicyclic amines) is 1. The van der Waals surface area contributed by atoms with Crippen molar-refractivity contribution in [2.45, 2.75) is 25.8 Å². The molecule has 0 spiro atoms. The third-order valence-corrected chi connectivity index (χ3v) is 4.64. The van der Waals surface area contributed by atoms with Gasteiger partial charge in [-0.05, 0) is 37.6 Å². The molecule has 1 aliphatic rings. The fraction of sp³-hybridized carbons (Fsp3) is 0.368. The number of piperidine rings is 1. The Labute approximate surface area is 147 Å². The van der Waals surface area contributed by atoms with E-state index in [-0.39, 0.29) is 16.9 Å². The molecule has 0 unspecified atom stereocenters. The van der Waals surface area contributed by atoms with Crippen LogP contribution in [0, 0.1) is 11.3 Å². The molecule has 3 rings (SSSR count). The van der Waals surface area contributed by atoms with Crippen LogP contribution in [0.15, 0.2) is 30.5 Å². The van der Waals surface area contributed by atoms with Gasteiger partial charge in [0.25, 0.3) is 0 Å². The highest BCUT2D eigenvalue weighted by molar-refractivity contribution is 5.96. The molecule has 0 radical (unpaired) electrons. The van der Waals surface area contributed by atoms with Crippen molar-refractivity contribution in [3.8, 4) is 11.8 Å². The Balaban J connectivity index is 2.05. The Morgan fingerprint density at radius 2 is 2.00 bits per heavy atom. The van der Waals surface area contributed by atoms with E-state index in [4.69, 9.17) is 10.5 Å². The number of methoxy groups -OCH3 is 1. The summed E-state index contributed by atoms with van der Waals surface area (Å²) in [7, 11) is 1.31. The van der Waals surface area contributed by atoms with Crippen LogP contribution in [0.1, 0.15) is 40.9 Å². The summed E-state index contributed by atoms with van der Waals surface area (Å²) in [5.41, 5.74) is 8.57. The van der Waals surface area contributed by atoms with Gasteiger partial charge in [0.2, 0.25) is 0 Å². The van der Waals surface area contributed by atoms with Crippen molar-refractivity contribution >= 4 is 11.7 Å². The molecule has 0 amide bonds. The molecule has 2 heterocycles. The lowest BCUT2D eigenvalue weighted by Gasteiger charge is -2.27. The van der Waals surface area contributed by atoms with Gasteiger partial charge >= 0.3 is 5.97 Å². The van der Waals surface area contributed by atoms with Crippen LogP contribution < -0.4 is 5.73 Å². The van der Waals surface area contributed by atoms with Crippen LogP contribution in [0.2, 0.25) is 0 Å². The molecule has 1 aliphatic heterocycles. The Bertz CT molecular complexity index is 813. The van der Waals surface area contributed by atoms with Crippen molar-refractivity contribution in [1.82, 2.24) is 9.47 Å². The number of nitrogens with two attached hydrogens (primary N) is 1. The van der Waals surface area contributed by atoms with Crippen LogP contribution in [-0.2, 0) is 11.3 Å². The van der Waals surface area contributed by atoms with E-state index in [0.717, 1.165) is 30.9 Å². The fourth-order valence-corrected chi connectivity index (χ4v) is 3.34. The van der Waals surface area contributed by atoms with Gasteiger partial charge < -0.3 is 15.0 Å². The maximum Gasteiger partial charge on any atom is 0.357 e. The number of hydrogen-bond donors (Lipinski definition) is 1. The summed E-state index contributed by atoms with van der Waals surface area (Å²) in [6, 6.07) is 9.93. The number of nitriles is 1. The normalized spacial score (nSPS) is 14.9. The van der Waals surface area contributed by atoms with Crippen LogP contribution in [0.4, 0.5) is 5.69 Å². The second-order valence-electron chi connectivity index (χ2n) is 6.24. The first kappa shape index (κ1) is 17.1. The molecule has 6 nitrogen and oxygen atoms in total. The number of esters is 1. The zero-order valence-electron chi connectivity index (χ0n) is 14.4. The van der Waals surface area contributed by atoms with Crippen LogP contribution in [0.5, 0.6) is 0 Å². The van der Waals surface area contributed by atoms with Gasteiger partial charge in [0, 0.05) is 12.7 Å². The second-order valence-corrected chi connectivity index (χ2v) is 6.24. The fourth-order valence-electron chi connectivity index (χ4n) is 3.34. The van der Waals surface area contributed by atoms with E-state index in [1.54, 1.807) is 10.8 Å². The summed E-state index contributed by atoms with van der Waals surface area (Å²) in [5, 5.41) is 9.28. The first-order valence-corrected chi connectivity index (χ1v) is 8.45. The Morgan fingerprint density at radius 1 is 1.28 bits per heavy atom. The highest BCUT2D eigenvalue weighted by atomic mass is 16.5. The van der Waals surface area contributed by atoms with E-state index in [1.807, 2.05) is 30.3 Å². The van der Waals surface area contributed by atoms with Gasteiger partial charge in [0.05, 0.1) is 24.0 Å². The average molecular weight is 338 g/mol. The first-order chi connectivity index (χ1) is 12.2. The van der Waals surface area contributed by atoms with E-state index < -0.39 is 5.97 Å². The maximum atomic E-state index is 12.2. The number of carbonyl (C=O) groups excluding carboxylic acids is 1. The number of nitrogens with zero attached hydrogens (tertiary/aromatic N) is 3. The third kappa shape index (κ3) is 3.37. The van der Waals surface area contributed by atoms with Crippen molar-refractivity contribution in [1.29, 1.82) is 5.26 Å². The molecule has 1 aromatic carbocycles. The van der Waals surface area contributed by atoms with Gasteiger partial charge in [0.1, 0.15) is 6.07 Å². The zero-order chi connectivity index (χ0) is 17.8. The molecular weight excluding hydrogens is 316 g/mol. The zero-order valence-corrected chi connectivity index (χ0v) is 14.4. The topological polar surface area (TPSA) is 84.3 Å². The summed E-state index contributed by atoms with van der Waals surface area (Å²) in [4.78, 5) is 14.6. The highest BCUT2D eigenvalue weighted by Gasteiger charge is 2.23. The van der Waals surface area contributed by atoms with Gasteiger partial charge in [-0.15, -0.1) is 0 Å². The molecule has 130 valence electrons. The van der Waals surface area contributed by atoms with Crippen LogP contribution in [0.3, 0.4) is 0 Å². The van der Waals surface area contributed by atoms with Crippen LogP contribution >= 0.6 is 0 Å². The van der Waals surface area contributed by atoms with Crippen molar-refractivity contribution in [2.75, 3.05) is 25.9 Å². The molecule has 1 saturated heterocycles. The lowest BCUT2D eigenvalue weighted by Crippen LogP contribution is -2.29. The minimum atomic E-state index is -0.549. The monoisotopic (exact) mass is 338 g/mol. The molecule has 1 aromatic heterocycles. The van der Waals surface area contributed by atoms with Gasteiger partial charge in [-0.3, -0.25) is 4.90 Å². The smallest absolute Gasteiger partial charge is 0.357 e. The molecule has 2 aromatic rings. The van der Waals surface area contributed by atoms with Gasteiger partial charge in [-0.1, -0.05) is 24.6 Å². The molecule has 0 atom stereocenters. The van der Waals surface area contributed by atoms with Crippen molar-refractivity contribution in [3.63, 3.8) is 0 Å². The van der Waals surface area contributed by atoms with Crippen LogP contribution in [-0.4, -0.2) is 35.6 Å². The number of benzene rings is 1. The number of para-hydroxylation sites is 1. The summed E-state index contributed by atoms with van der Waals surface area (Å²) in [5.74, 6) is -0.549. The van der Waals surface area contributed by atoms with E-state index in [2.05, 4.69) is 4.90 Å². The third-order valence-electron chi connectivity index (χ3n) is 4.64. The number of ether oxygens (including phenoxy) is 1. The molecule has 6 heteroatoms. The Hall–Kier alpha value is -2.78. The number of aromatic nitrogens is 1. The Kier molecular flexibility index (Phi) is 5.05. The Morgan fingerprint density at radius 3 is 2.68 bits per heavy atom. The summed E-state index contributed by atoms with van der Waals surface area (Å²) >= 11 is 0. The van der Waals surface area contributed by atoms with Crippen molar-refractivity contribution in [3.05, 3.63) is 47.3 Å². The molecule has 1 fully saturated rings. The number of rotatable bonds is 4. The second kappa shape index (κ2) is 7.41. The van der Waals surface area contributed by atoms with E-state index in [9.17, 15) is 10.1 Å². The molecule has 0 aliphatic carbocycles. The number of hydrogen-bond acceptors (Lipinski definition) is 5. The number of anilines is 1.